The first-order valence-electron chi connectivity index (χ1n) is 18.2. The molecule has 2 N–H and O–H groups in total. The Morgan fingerprint density at radius 3 is 2.60 bits per heavy atom. The SMILES string of the molecule is CCCCc1nc2c(c(C(=O)N3CC4(CCNC4)C3)nn2C)c(=O)n1Cc1ccc(-c2ccccc2S(=O)(=O)Nc2noc(C)c2C)c(COCC)c1. The number of amides is 1. The van der Waals surface area contributed by atoms with Crippen LogP contribution in [0.4, 0.5) is 5.82 Å². The molecular weight excluding hydrogens is 697 g/mol. The molecule has 3 aromatic heterocycles. The standard InChI is InChI=1S/C38H46N8O6S/c1-6-8-13-31-40-35-32(33(41-44(35)5)37(48)45-22-38(23-45)16-17-39-21-38)36(47)46(31)19-26-14-15-28(27(18-26)20-51-7-2)29-11-9-10-12-30(29)53(49,50)43-34-24(3)25(4)52-42-34/h9-12,14-15,18,39H,6-8,13,16-17,19-23H2,1-5H3,(H,42,43). The van der Waals surface area contributed by atoms with E-state index in [1.165, 1.54) is 4.68 Å². The van der Waals surface area contributed by atoms with E-state index in [0.717, 1.165) is 43.5 Å². The lowest BCUT2D eigenvalue weighted by Gasteiger charge is -2.47. The number of rotatable bonds is 13. The molecule has 2 aliphatic rings. The van der Waals surface area contributed by atoms with Gasteiger partial charge in [0.25, 0.3) is 21.5 Å². The number of ether oxygens (including phenoxy) is 1. The normalized spacial score (nSPS) is 15.4. The predicted molar refractivity (Wildman–Crippen MR) is 200 cm³/mol. The number of carbonyl (C=O) groups is 1. The summed E-state index contributed by atoms with van der Waals surface area (Å²) >= 11 is 0. The zero-order valence-corrected chi connectivity index (χ0v) is 31.7. The number of aryl methyl sites for hydroxylation is 3. The third-order valence-electron chi connectivity index (χ3n) is 10.5. The number of fused-ring (bicyclic) bond motifs is 1. The number of hydrogen-bond donors (Lipinski definition) is 2. The molecule has 53 heavy (non-hydrogen) atoms. The summed E-state index contributed by atoms with van der Waals surface area (Å²) in [5.41, 5.74) is 3.64. The number of likely N-dealkylation sites (tertiary alicyclic amines) is 1. The van der Waals surface area contributed by atoms with Crippen molar-refractivity contribution in [3.8, 4) is 11.1 Å². The van der Waals surface area contributed by atoms with Gasteiger partial charge in [-0.05, 0) is 62.9 Å². The van der Waals surface area contributed by atoms with E-state index in [1.54, 1.807) is 54.6 Å². The van der Waals surface area contributed by atoms with Gasteiger partial charge in [0, 0.05) is 56.3 Å². The molecule has 1 spiro atoms. The summed E-state index contributed by atoms with van der Waals surface area (Å²) in [6, 6.07) is 12.5. The Labute approximate surface area is 308 Å². The van der Waals surface area contributed by atoms with E-state index < -0.39 is 10.0 Å². The Bertz CT molecular complexity index is 2350. The van der Waals surface area contributed by atoms with Crippen LogP contribution in [0, 0.1) is 19.3 Å². The number of anilines is 1. The van der Waals surface area contributed by atoms with Crippen molar-refractivity contribution in [3.63, 3.8) is 0 Å². The van der Waals surface area contributed by atoms with E-state index >= 15 is 0 Å². The molecule has 280 valence electrons. The van der Waals surface area contributed by atoms with Gasteiger partial charge in [-0.2, -0.15) is 5.10 Å². The van der Waals surface area contributed by atoms with Crippen LogP contribution in [0.1, 0.15) is 71.9 Å². The average Bonchev–Trinajstić information content (AvgIpc) is 3.85. The monoisotopic (exact) mass is 742 g/mol. The molecule has 0 radical (unpaired) electrons. The number of nitrogens with zero attached hydrogens (tertiary/aromatic N) is 6. The summed E-state index contributed by atoms with van der Waals surface area (Å²) in [6.45, 7) is 11.4. The van der Waals surface area contributed by atoms with Gasteiger partial charge >= 0.3 is 0 Å². The molecule has 1 amide bonds. The van der Waals surface area contributed by atoms with Crippen LogP contribution in [0.3, 0.4) is 0 Å². The number of hydrogen-bond acceptors (Lipinski definition) is 10. The summed E-state index contributed by atoms with van der Waals surface area (Å²) in [7, 11) is -2.35. The molecule has 5 heterocycles. The molecule has 0 bridgehead atoms. The highest BCUT2D eigenvalue weighted by Crippen LogP contribution is 2.37. The lowest BCUT2D eigenvalue weighted by molar-refractivity contribution is 0.0155. The summed E-state index contributed by atoms with van der Waals surface area (Å²) in [5, 5.41) is 12.1. The summed E-state index contributed by atoms with van der Waals surface area (Å²) in [4.78, 5) is 35.1. The second-order valence-electron chi connectivity index (χ2n) is 14.2. The van der Waals surface area contributed by atoms with Crippen LogP contribution in [0.25, 0.3) is 22.2 Å². The largest absolute Gasteiger partial charge is 0.377 e. The molecule has 5 aromatic rings. The first-order chi connectivity index (χ1) is 25.4. The van der Waals surface area contributed by atoms with Crippen molar-refractivity contribution in [3.05, 3.63) is 86.8 Å². The number of nitrogens with one attached hydrogen (secondary N) is 2. The Balaban J connectivity index is 1.26. The van der Waals surface area contributed by atoms with Gasteiger partial charge in [0.2, 0.25) is 0 Å². The van der Waals surface area contributed by atoms with Crippen molar-refractivity contribution in [2.24, 2.45) is 12.5 Å². The van der Waals surface area contributed by atoms with E-state index in [1.807, 2.05) is 25.1 Å². The average molecular weight is 743 g/mol. The van der Waals surface area contributed by atoms with E-state index in [-0.39, 0.29) is 51.8 Å². The highest BCUT2D eigenvalue weighted by Gasteiger charge is 2.47. The minimum atomic E-state index is -4.07. The topological polar surface area (TPSA) is 166 Å². The van der Waals surface area contributed by atoms with Crippen molar-refractivity contribution >= 4 is 32.8 Å². The fourth-order valence-corrected chi connectivity index (χ4v) is 8.66. The highest BCUT2D eigenvalue weighted by atomic mass is 32.2. The third kappa shape index (κ3) is 6.88. The Morgan fingerprint density at radius 1 is 1.11 bits per heavy atom. The van der Waals surface area contributed by atoms with Gasteiger partial charge < -0.3 is 19.5 Å². The van der Waals surface area contributed by atoms with Crippen molar-refractivity contribution in [1.29, 1.82) is 0 Å². The molecular formula is C38H46N8O6S. The summed E-state index contributed by atoms with van der Waals surface area (Å²) in [6.07, 6.45) is 3.34. The zero-order chi connectivity index (χ0) is 37.5. The maximum atomic E-state index is 14.5. The third-order valence-corrected chi connectivity index (χ3v) is 11.9. The lowest BCUT2D eigenvalue weighted by atomic mass is 9.79. The van der Waals surface area contributed by atoms with Crippen LogP contribution in [0.15, 0.2) is 56.7 Å². The highest BCUT2D eigenvalue weighted by molar-refractivity contribution is 7.92. The van der Waals surface area contributed by atoms with E-state index in [0.29, 0.717) is 60.0 Å². The Morgan fingerprint density at radius 2 is 1.91 bits per heavy atom. The Hall–Kier alpha value is -4.86. The first-order valence-corrected chi connectivity index (χ1v) is 19.6. The fourth-order valence-electron chi connectivity index (χ4n) is 7.38. The minimum Gasteiger partial charge on any atom is -0.377 e. The number of benzene rings is 2. The van der Waals surface area contributed by atoms with Gasteiger partial charge in [-0.3, -0.25) is 18.9 Å². The van der Waals surface area contributed by atoms with Gasteiger partial charge in [0.1, 0.15) is 17.0 Å². The fraction of sp³-hybridized carbons (Fsp3) is 0.447. The molecule has 2 saturated heterocycles. The molecule has 0 aliphatic carbocycles. The van der Waals surface area contributed by atoms with Gasteiger partial charge in [-0.1, -0.05) is 54.9 Å². The number of aromatic nitrogens is 5. The van der Waals surface area contributed by atoms with Crippen LogP contribution in [-0.2, 0) is 41.4 Å². The van der Waals surface area contributed by atoms with Crippen molar-refractivity contribution in [2.45, 2.75) is 71.4 Å². The molecule has 7 rings (SSSR count). The molecule has 2 fully saturated rings. The van der Waals surface area contributed by atoms with Crippen molar-refractivity contribution in [1.82, 2.24) is 34.7 Å². The quantitative estimate of drug-likeness (QED) is 0.175. The molecule has 2 aromatic carbocycles. The van der Waals surface area contributed by atoms with Gasteiger partial charge in [0.05, 0.1) is 18.0 Å². The second kappa shape index (κ2) is 14.5. The maximum absolute atomic E-state index is 14.5. The summed E-state index contributed by atoms with van der Waals surface area (Å²) in [5.74, 6) is 1.02. The van der Waals surface area contributed by atoms with E-state index in [2.05, 4.69) is 27.2 Å². The van der Waals surface area contributed by atoms with Crippen molar-refractivity contribution in [2.75, 3.05) is 37.5 Å². The molecule has 14 nitrogen and oxygen atoms in total. The molecule has 2 aliphatic heterocycles. The predicted octanol–water partition coefficient (Wildman–Crippen LogP) is 4.57. The van der Waals surface area contributed by atoms with Gasteiger partial charge in [0.15, 0.2) is 17.2 Å². The number of sulfonamides is 1. The van der Waals surface area contributed by atoms with E-state index in [9.17, 15) is 18.0 Å². The zero-order valence-electron chi connectivity index (χ0n) is 30.9. The number of carbonyl (C=O) groups excluding carboxylic acids is 1. The lowest BCUT2D eigenvalue weighted by Crippen LogP contribution is -2.59. The second-order valence-corrected chi connectivity index (χ2v) is 15.9. The molecule has 0 atom stereocenters. The van der Waals surface area contributed by atoms with Crippen molar-refractivity contribution < 1.29 is 22.5 Å². The number of unbranched alkanes of at least 4 members (excludes halogenated alkanes) is 1. The smallest absolute Gasteiger partial charge is 0.275 e. The molecule has 0 unspecified atom stereocenters. The van der Waals surface area contributed by atoms with Gasteiger partial charge in [-0.15, -0.1) is 0 Å². The molecule has 0 saturated carbocycles. The van der Waals surface area contributed by atoms with Gasteiger partial charge in [-0.25, -0.2) is 18.1 Å². The van der Waals surface area contributed by atoms with Crippen LogP contribution >= 0.6 is 0 Å². The molecule has 15 heteroatoms. The van der Waals surface area contributed by atoms with E-state index in [4.69, 9.17) is 14.2 Å². The first kappa shape index (κ1) is 36.5. The van der Waals surface area contributed by atoms with Crippen LogP contribution in [-0.4, -0.2) is 76.5 Å². The summed E-state index contributed by atoms with van der Waals surface area (Å²) < 4.78 is 44.4. The minimum absolute atomic E-state index is 0.0735. The van der Waals surface area contributed by atoms with Crippen LogP contribution in [0.2, 0.25) is 0 Å². The maximum Gasteiger partial charge on any atom is 0.275 e. The van der Waals surface area contributed by atoms with Crippen LogP contribution in [0.5, 0.6) is 0 Å². The van der Waals surface area contributed by atoms with Crippen LogP contribution < -0.4 is 15.6 Å². The Kier molecular flexibility index (Phi) is 10.00.